The van der Waals surface area contributed by atoms with Crippen LogP contribution in [0.3, 0.4) is 0 Å². The van der Waals surface area contributed by atoms with Gasteiger partial charge in [0.05, 0.1) is 24.0 Å². The first-order valence-corrected chi connectivity index (χ1v) is 10.7. The van der Waals surface area contributed by atoms with Crippen molar-refractivity contribution in [2.45, 2.75) is 64.1 Å². The number of benzene rings is 1. The van der Waals surface area contributed by atoms with Gasteiger partial charge in [-0.3, -0.25) is 9.69 Å². The molecule has 178 valence electrons. The minimum absolute atomic E-state index is 0.0360. The van der Waals surface area contributed by atoms with Gasteiger partial charge in [0.2, 0.25) is 0 Å². The summed E-state index contributed by atoms with van der Waals surface area (Å²) < 4.78 is 39.7. The number of primary amides is 1. The molecular weight excluding hydrogens is 436 g/mol. The second-order valence-corrected chi connectivity index (χ2v) is 9.34. The van der Waals surface area contributed by atoms with Gasteiger partial charge in [-0.25, -0.2) is 18.6 Å². The van der Waals surface area contributed by atoms with Crippen LogP contribution < -0.4 is 11.1 Å². The van der Waals surface area contributed by atoms with Gasteiger partial charge in [0.1, 0.15) is 23.3 Å². The van der Waals surface area contributed by atoms with Gasteiger partial charge in [-0.1, -0.05) is 0 Å². The number of nitrogens with one attached hydrogen (secondary N) is 2. The number of amides is 2. The van der Waals surface area contributed by atoms with E-state index in [-0.39, 0.29) is 24.0 Å². The monoisotopic (exact) mass is 463 g/mol. The number of aromatic nitrogens is 2. The van der Waals surface area contributed by atoms with Gasteiger partial charge in [0.25, 0.3) is 5.91 Å². The van der Waals surface area contributed by atoms with E-state index in [1.54, 1.807) is 20.8 Å². The maximum Gasteiger partial charge on any atom is 0.407 e. The SMILES string of the molecule is CC(C)(C)OC(=O)N[C@H]1C[C@@H](N2Cc3nc(C(N)=O)[nH]c3C2)CO[C@@H]1c1cc(F)ccc1F. The Balaban J connectivity index is 1.52. The minimum Gasteiger partial charge on any atom is -0.444 e. The lowest BCUT2D eigenvalue weighted by Gasteiger charge is -2.40. The molecule has 2 aromatic rings. The highest BCUT2D eigenvalue weighted by molar-refractivity contribution is 5.89. The lowest BCUT2D eigenvalue weighted by Crippen LogP contribution is -2.52. The molecule has 0 bridgehead atoms. The topological polar surface area (TPSA) is 123 Å². The van der Waals surface area contributed by atoms with Crippen molar-refractivity contribution in [1.29, 1.82) is 0 Å². The van der Waals surface area contributed by atoms with Crippen molar-refractivity contribution in [3.8, 4) is 0 Å². The van der Waals surface area contributed by atoms with E-state index in [9.17, 15) is 18.4 Å². The van der Waals surface area contributed by atoms with E-state index in [4.69, 9.17) is 15.2 Å². The zero-order valence-electron chi connectivity index (χ0n) is 18.7. The number of fused-ring (bicyclic) bond motifs is 1. The fraction of sp³-hybridized carbons (Fsp3) is 0.500. The van der Waals surface area contributed by atoms with Crippen LogP contribution in [-0.2, 0) is 22.6 Å². The van der Waals surface area contributed by atoms with Crippen LogP contribution in [0.5, 0.6) is 0 Å². The number of carbonyl (C=O) groups is 2. The first kappa shape index (κ1) is 23.1. The lowest BCUT2D eigenvalue weighted by molar-refractivity contribution is -0.0629. The first-order valence-electron chi connectivity index (χ1n) is 10.7. The molecule has 1 fully saturated rings. The Hall–Kier alpha value is -3.05. The van der Waals surface area contributed by atoms with E-state index in [2.05, 4.69) is 20.2 Å². The summed E-state index contributed by atoms with van der Waals surface area (Å²) in [4.78, 5) is 33.1. The van der Waals surface area contributed by atoms with Crippen LogP contribution in [0.15, 0.2) is 18.2 Å². The number of hydrogen-bond acceptors (Lipinski definition) is 6. The number of carbonyl (C=O) groups excluding carboxylic acids is 2. The highest BCUT2D eigenvalue weighted by atomic mass is 19.1. The number of ether oxygens (including phenoxy) is 2. The molecule has 4 N–H and O–H groups in total. The minimum atomic E-state index is -0.885. The van der Waals surface area contributed by atoms with Crippen molar-refractivity contribution in [3.63, 3.8) is 0 Å². The number of alkyl carbamates (subject to hydrolysis) is 1. The molecule has 2 aliphatic rings. The number of H-pyrrole nitrogens is 1. The van der Waals surface area contributed by atoms with Crippen LogP contribution in [0.4, 0.5) is 13.6 Å². The van der Waals surface area contributed by atoms with Crippen LogP contribution in [-0.4, -0.2) is 51.2 Å². The summed E-state index contributed by atoms with van der Waals surface area (Å²) in [5.41, 5.74) is 6.10. The molecule has 0 radical (unpaired) electrons. The van der Waals surface area contributed by atoms with Gasteiger partial charge >= 0.3 is 6.09 Å². The van der Waals surface area contributed by atoms with Gasteiger partial charge in [0.15, 0.2) is 5.82 Å². The largest absolute Gasteiger partial charge is 0.444 e. The summed E-state index contributed by atoms with van der Waals surface area (Å²) in [6.07, 6.45) is -1.14. The van der Waals surface area contributed by atoms with Crippen LogP contribution in [0.1, 0.15) is 60.9 Å². The number of aromatic amines is 1. The molecule has 0 spiro atoms. The molecule has 2 amide bonds. The molecule has 33 heavy (non-hydrogen) atoms. The molecule has 1 saturated heterocycles. The number of imidazole rings is 1. The van der Waals surface area contributed by atoms with Crippen molar-refractivity contribution in [1.82, 2.24) is 20.2 Å². The van der Waals surface area contributed by atoms with Crippen LogP contribution >= 0.6 is 0 Å². The van der Waals surface area contributed by atoms with Gasteiger partial charge in [0, 0.05) is 24.7 Å². The normalized spacial score (nSPS) is 23.2. The molecule has 11 heteroatoms. The van der Waals surface area contributed by atoms with Crippen molar-refractivity contribution in [2.75, 3.05) is 6.61 Å². The lowest BCUT2D eigenvalue weighted by atomic mass is 9.92. The maximum atomic E-state index is 14.5. The average molecular weight is 463 g/mol. The Labute approximate surface area is 189 Å². The van der Waals surface area contributed by atoms with E-state index in [0.717, 1.165) is 29.6 Å². The number of nitrogens with zero attached hydrogens (tertiary/aromatic N) is 2. The third-order valence-electron chi connectivity index (χ3n) is 5.65. The second-order valence-electron chi connectivity index (χ2n) is 9.34. The van der Waals surface area contributed by atoms with Gasteiger partial charge < -0.3 is 25.5 Å². The average Bonchev–Trinajstić information content (AvgIpc) is 3.28. The van der Waals surface area contributed by atoms with Crippen molar-refractivity contribution < 1.29 is 27.8 Å². The molecule has 1 aromatic carbocycles. The molecule has 4 rings (SSSR count). The molecule has 0 saturated carbocycles. The summed E-state index contributed by atoms with van der Waals surface area (Å²) in [5, 5.41) is 2.78. The molecule has 3 heterocycles. The summed E-state index contributed by atoms with van der Waals surface area (Å²) in [7, 11) is 0. The van der Waals surface area contributed by atoms with Crippen molar-refractivity contribution in [3.05, 3.63) is 52.6 Å². The van der Waals surface area contributed by atoms with Crippen LogP contribution in [0, 0.1) is 11.6 Å². The molecule has 2 aliphatic heterocycles. The van der Waals surface area contributed by atoms with E-state index in [1.807, 2.05) is 0 Å². The summed E-state index contributed by atoms with van der Waals surface area (Å²) in [6.45, 7) is 6.40. The van der Waals surface area contributed by atoms with Gasteiger partial charge in [-0.2, -0.15) is 0 Å². The smallest absolute Gasteiger partial charge is 0.407 e. The van der Waals surface area contributed by atoms with E-state index in [1.165, 1.54) is 0 Å². The van der Waals surface area contributed by atoms with Crippen molar-refractivity contribution in [2.24, 2.45) is 5.73 Å². The van der Waals surface area contributed by atoms with Crippen LogP contribution in [0.2, 0.25) is 0 Å². The standard InChI is InChI=1S/C22H27F2N5O4/c1-22(2,3)33-21(31)28-15-7-12(10-32-18(15)13-6-11(23)4-5-14(13)24)29-8-16-17(9-29)27-20(26-16)19(25)30/h4-6,12,15,18H,7-10H2,1-3H3,(H2,25,30)(H,26,27)(H,28,31)/t12-,15+,18-/m1/s1. The maximum absolute atomic E-state index is 14.5. The van der Waals surface area contributed by atoms with Gasteiger partial charge in [-0.05, 0) is 45.4 Å². The summed E-state index contributed by atoms with van der Waals surface area (Å²) in [6, 6.07) is 2.35. The molecule has 3 atom stereocenters. The number of nitrogens with two attached hydrogens (primary N) is 1. The zero-order chi connectivity index (χ0) is 23.9. The fourth-order valence-electron chi connectivity index (χ4n) is 4.24. The summed E-state index contributed by atoms with van der Waals surface area (Å²) >= 11 is 0. The van der Waals surface area contributed by atoms with E-state index >= 15 is 0 Å². The Morgan fingerprint density at radius 1 is 1.30 bits per heavy atom. The van der Waals surface area contributed by atoms with Crippen LogP contribution in [0.25, 0.3) is 0 Å². The quantitative estimate of drug-likeness (QED) is 0.641. The van der Waals surface area contributed by atoms with E-state index in [0.29, 0.717) is 19.5 Å². The predicted molar refractivity (Wildman–Crippen MR) is 113 cm³/mol. The molecular formula is C22H27F2N5O4. The third-order valence-corrected chi connectivity index (χ3v) is 5.65. The number of hydrogen-bond donors (Lipinski definition) is 3. The molecule has 9 nitrogen and oxygen atoms in total. The van der Waals surface area contributed by atoms with Crippen molar-refractivity contribution >= 4 is 12.0 Å². The Morgan fingerprint density at radius 2 is 2.06 bits per heavy atom. The molecule has 0 aliphatic carbocycles. The highest BCUT2D eigenvalue weighted by Gasteiger charge is 2.40. The molecule has 1 aromatic heterocycles. The Morgan fingerprint density at radius 3 is 2.73 bits per heavy atom. The molecule has 0 unspecified atom stereocenters. The third kappa shape index (κ3) is 5.14. The fourth-order valence-corrected chi connectivity index (χ4v) is 4.24. The van der Waals surface area contributed by atoms with Gasteiger partial charge in [-0.15, -0.1) is 0 Å². The second kappa shape index (κ2) is 8.71. The Kier molecular flexibility index (Phi) is 6.10. The number of halogens is 2. The Bertz CT molecular complexity index is 1040. The predicted octanol–water partition coefficient (Wildman–Crippen LogP) is 2.53. The first-order chi connectivity index (χ1) is 15.5. The zero-order valence-corrected chi connectivity index (χ0v) is 18.7. The number of rotatable bonds is 4. The van der Waals surface area contributed by atoms with E-state index < -0.39 is 41.4 Å². The summed E-state index contributed by atoms with van der Waals surface area (Å²) in [5.74, 6) is -1.72. The highest BCUT2D eigenvalue weighted by Crippen LogP contribution is 2.35.